The maximum Gasteiger partial charge on any atom is 0.322 e. The van der Waals surface area contributed by atoms with E-state index in [4.69, 9.17) is 5.26 Å². The molecular weight excluding hydrogens is 202 g/mol. The van der Waals surface area contributed by atoms with E-state index in [-0.39, 0.29) is 13.0 Å². The first-order valence-corrected chi connectivity index (χ1v) is 4.25. The molecule has 1 rings (SSSR count). The Hall–Kier alpha value is -1.96. The average molecular weight is 210 g/mol. The van der Waals surface area contributed by atoms with Crippen molar-refractivity contribution in [3.8, 4) is 6.07 Å². The van der Waals surface area contributed by atoms with Gasteiger partial charge in [0.25, 0.3) is 0 Å². The first-order valence-electron chi connectivity index (χ1n) is 4.25. The zero-order chi connectivity index (χ0) is 11.3. The lowest BCUT2D eigenvalue weighted by atomic mass is 10.1. The van der Waals surface area contributed by atoms with Crippen LogP contribution in [0.2, 0.25) is 0 Å². The molecule has 0 bridgehead atoms. The minimum absolute atomic E-state index is 0.148. The Balaban J connectivity index is 2.52. The molecule has 0 aliphatic rings. The molecule has 3 nitrogen and oxygen atoms in total. The summed E-state index contributed by atoms with van der Waals surface area (Å²) in [6, 6.07) is 4.60. The fourth-order valence-electron chi connectivity index (χ4n) is 1.07. The summed E-state index contributed by atoms with van der Waals surface area (Å²) in [5, 5.41) is 10.4. The monoisotopic (exact) mass is 210 g/mol. The number of benzene rings is 1. The Morgan fingerprint density at radius 1 is 1.47 bits per heavy atom. The molecule has 0 saturated carbocycles. The van der Waals surface area contributed by atoms with Gasteiger partial charge in [-0.3, -0.25) is 4.79 Å². The minimum Gasteiger partial charge on any atom is -0.343 e. The highest BCUT2D eigenvalue weighted by Crippen LogP contribution is 2.09. The van der Waals surface area contributed by atoms with Crippen LogP contribution in [-0.4, -0.2) is 12.5 Å². The molecular formula is C10H8F2N2O. The number of carbonyl (C=O) groups is 1. The SMILES string of the molecule is N#CC(=O)NCCc1ccc(F)cc1F. The van der Waals surface area contributed by atoms with Gasteiger partial charge >= 0.3 is 5.91 Å². The summed E-state index contributed by atoms with van der Waals surface area (Å²) >= 11 is 0. The van der Waals surface area contributed by atoms with Crippen LogP contribution in [0.3, 0.4) is 0 Å². The van der Waals surface area contributed by atoms with Crippen LogP contribution >= 0.6 is 0 Å². The summed E-state index contributed by atoms with van der Waals surface area (Å²) in [6.45, 7) is 0.148. The van der Waals surface area contributed by atoms with Gasteiger partial charge in [0.15, 0.2) is 6.07 Å². The zero-order valence-corrected chi connectivity index (χ0v) is 7.76. The van der Waals surface area contributed by atoms with Crippen molar-refractivity contribution < 1.29 is 13.6 Å². The minimum atomic E-state index is -0.766. The second kappa shape index (κ2) is 5.05. The summed E-state index contributed by atoms with van der Waals surface area (Å²) in [7, 11) is 0. The predicted octanol–water partition coefficient (Wildman–Crippen LogP) is 1.15. The van der Waals surface area contributed by atoms with Crippen molar-refractivity contribution in [2.24, 2.45) is 0 Å². The van der Waals surface area contributed by atoms with E-state index < -0.39 is 17.5 Å². The molecule has 0 radical (unpaired) electrons. The van der Waals surface area contributed by atoms with E-state index in [2.05, 4.69) is 5.32 Å². The molecule has 0 aliphatic heterocycles. The Bertz CT molecular complexity index is 412. The van der Waals surface area contributed by atoms with Gasteiger partial charge in [-0.05, 0) is 18.1 Å². The normalized spacial score (nSPS) is 9.40. The van der Waals surface area contributed by atoms with E-state index in [1.807, 2.05) is 0 Å². The zero-order valence-electron chi connectivity index (χ0n) is 7.76. The highest BCUT2D eigenvalue weighted by Gasteiger charge is 2.04. The molecule has 0 aromatic heterocycles. The van der Waals surface area contributed by atoms with Crippen LogP contribution in [0.5, 0.6) is 0 Å². The Kier molecular flexibility index (Phi) is 3.75. The highest BCUT2D eigenvalue weighted by atomic mass is 19.1. The highest BCUT2D eigenvalue weighted by molar-refractivity contribution is 5.91. The molecule has 0 atom stereocenters. The third-order valence-corrected chi connectivity index (χ3v) is 1.80. The molecule has 1 N–H and O–H groups in total. The maximum absolute atomic E-state index is 13.0. The molecule has 0 fully saturated rings. The lowest BCUT2D eigenvalue weighted by Gasteiger charge is -2.02. The van der Waals surface area contributed by atoms with Crippen molar-refractivity contribution in [2.45, 2.75) is 6.42 Å². The predicted molar refractivity (Wildman–Crippen MR) is 48.7 cm³/mol. The van der Waals surface area contributed by atoms with Gasteiger partial charge < -0.3 is 5.32 Å². The fraction of sp³-hybridized carbons (Fsp3) is 0.200. The molecule has 1 amide bonds. The summed E-state index contributed by atoms with van der Waals surface area (Å²) < 4.78 is 25.5. The van der Waals surface area contributed by atoms with Crippen LogP contribution in [0, 0.1) is 23.0 Å². The number of nitriles is 1. The van der Waals surface area contributed by atoms with Gasteiger partial charge in [0, 0.05) is 12.6 Å². The molecule has 0 aliphatic carbocycles. The number of amides is 1. The van der Waals surface area contributed by atoms with Gasteiger partial charge in [-0.1, -0.05) is 6.07 Å². The third kappa shape index (κ3) is 3.35. The molecule has 1 aromatic rings. The van der Waals surface area contributed by atoms with Crippen molar-refractivity contribution in [3.05, 3.63) is 35.4 Å². The van der Waals surface area contributed by atoms with Crippen molar-refractivity contribution in [1.82, 2.24) is 5.32 Å². The molecule has 15 heavy (non-hydrogen) atoms. The van der Waals surface area contributed by atoms with Crippen molar-refractivity contribution in [1.29, 1.82) is 5.26 Å². The number of halogens is 2. The van der Waals surface area contributed by atoms with Crippen LogP contribution in [0.1, 0.15) is 5.56 Å². The second-order valence-corrected chi connectivity index (χ2v) is 2.85. The van der Waals surface area contributed by atoms with E-state index in [9.17, 15) is 13.6 Å². The lowest BCUT2D eigenvalue weighted by molar-refractivity contribution is -0.115. The summed E-state index contributed by atoms with van der Waals surface area (Å²) in [5.41, 5.74) is 0.301. The van der Waals surface area contributed by atoms with E-state index in [0.29, 0.717) is 5.56 Å². The molecule has 1 aromatic carbocycles. The molecule has 5 heteroatoms. The van der Waals surface area contributed by atoms with Crippen LogP contribution in [-0.2, 0) is 11.2 Å². The van der Waals surface area contributed by atoms with E-state index >= 15 is 0 Å². The van der Waals surface area contributed by atoms with E-state index in [1.165, 1.54) is 12.1 Å². The van der Waals surface area contributed by atoms with Gasteiger partial charge in [0.05, 0.1) is 0 Å². The summed E-state index contributed by atoms with van der Waals surface area (Å²) in [5.74, 6) is -2.06. The van der Waals surface area contributed by atoms with Crippen LogP contribution in [0.4, 0.5) is 8.78 Å². The van der Waals surface area contributed by atoms with E-state index in [0.717, 1.165) is 12.1 Å². The number of carbonyl (C=O) groups excluding carboxylic acids is 1. The van der Waals surface area contributed by atoms with Crippen LogP contribution in [0.15, 0.2) is 18.2 Å². The van der Waals surface area contributed by atoms with Crippen molar-refractivity contribution in [2.75, 3.05) is 6.54 Å². The smallest absolute Gasteiger partial charge is 0.322 e. The van der Waals surface area contributed by atoms with Gasteiger partial charge in [-0.15, -0.1) is 0 Å². The Labute approximate surface area is 85.3 Å². The third-order valence-electron chi connectivity index (χ3n) is 1.80. The topological polar surface area (TPSA) is 52.9 Å². The van der Waals surface area contributed by atoms with Gasteiger partial charge in [0.2, 0.25) is 0 Å². The molecule has 0 unspecified atom stereocenters. The number of hydrogen-bond donors (Lipinski definition) is 1. The molecule has 78 valence electrons. The first-order chi connectivity index (χ1) is 7.13. The largest absolute Gasteiger partial charge is 0.343 e. The average Bonchev–Trinajstić information content (AvgIpc) is 2.21. The Morgan fingerprint density at radius 2 is 2.20 bits per heavy atom. The fourth-order valence-corrected chi connectivity index (χ4v) is 1.07. The molecule has 0 spiro atoms. The standard InChI is InChI=1S/C10H8F2N2O/c11-8-2-1-7(9(12)5-8)3-4-14-10(15)6-13/h1-2,5H,3-4H2,(H,14,15). The van der Waals surface area contributed by atoms with Crippen LogP contribution < -0.4 is 5.32 Å². The summed E-state index contributed by atoms with van der Waals surface area (Å²) in [6.07, 6.45) is 0.222. The summed E-state index contributed by atoms with van der Waals surface area (Å²) in [4.78, 5) is 10.5. The number of nitrogens with zero attached hydrogens (tertiary/aromatic N) is 1. The number of hydrogen-bond acceptors (Lipinski definition) is 2. The quantitative estimate of drug-likeness (QED) is 0.761. The van der Waals surface area contributed by atoms with Crippen molar-refractivity contribution in [3.63, 3.8) is 0 Å². The first kappa shape index (κ1) is 11.1. The maximum atomic E-state index is 13.0. The van der Waals surface area contributed by atoms with E-state index in [1.54, 1.807) is 0 Å². The second-order valence-electron chi connectivity index (χ2n) is 2.85. The van der Waals surface area contributed by atoms with Gasteiger partial charge in [-0.25, -0.2) is 8.78 Å². The molecule has 0 saturated heterocycles. The molecule has 0 heterocycles. The Morgan fingerprint density at radius 3 is 2.80 bits per heavy atom. The number of nitrogens with one attached hydrogen (secondary N) is 1. The van der Waals surface area contributed by atoms with Gasteiger partial charge in [-0.2, -0.15) is 5.26 Å². The van der Waals surface area contributed by atoms with Gasteiger partial charge in [0.1, 0.15) is 11.6 Å². The lowest BCUT2D eigenvalue weighted by Crippen LogP contribution is -2.24. The van der Waals surface area contributed by atoms with Crippen molar-refractivity contribution >= 4 is 5.91 Å². The van der Waals surface area contributed by atoms with Crippen LogP contribution in [0.25, 0.3) is 0 Å². The number of rotatable bonds is 3.